The molecule has 0 aliphatic carbocycles. The van der Waals surface area contributed by atoms with Crippen molar-refractivity contribution < 1.29 is 0 Å². The molecule has 0 amide bonds. The van der Waals surface area contributed by atoms with Crippen LogP contribution in [0.2, 0.25) is 5.02 Å². The minimum atomic E-state index is 0.607. The molecule has 2 heterocycles. The highest BCUT2D eigenvalue weighted by Crippen LogP contribution is 2.28. The van der Waals surface area contributed by atoms with Crippen LogP contribution in [-0.4, -0.2) is 28.2 Å². The van der Waals surface area contributed by atoms with Gasteiger partial charge in [0.2, 0.25) is 0 Å². The molecule has 3 nitrogen and oxygen atoms in total. The molecule has 2 aromatic rings. The van der Waals surface area contributed by atoms with E-state index in [1.165, 1.54) is 18.4 Å². The number of benzene rings is 1. The fraction of sp³-hybridized carbons (Fsp3) is 0.467. The summed E-state index contributed by atoms with van der Waals surface area (Å²) >= 11 is 7.66. The number of likely N-dealkylation sites (tertiary alicyclic amines) is 1. The van der Waals surface area contributed by atoms with Crippen LogP contribution in [0.5, 0.6) is 0 Å². The van der Waals surface area contributed by atoms with E-state index >= 15 is 0 Å². The van der Waals surface area contributed by atoms with Crippen molar-refractivity contribution >= 4 is 22.9 Å². The SMILES string of the molecule is Cc1nnc(CN2CCC[C@@H](c3ccc(Cl)cc3)C2)s1. The summed E-state index contributed by atoms with van der Waals surface area (Å²) in [7, 11) is 0. The second-order valence-electron chi connectivity index (χ2n) is 5.34. The smallest absolute Gasteiger partial charge is 0.131 e. The predicted octanol–water partition coefficient (Wildman–Crippen LogP) is 3.88. The number of piperidine rings is 1. The lowest BCUT2D eigenvalue weighted by molar-refractivity contribution is 0.199. The van der Waals surface area contributed by atoms with Crippen LogP contribution in [0, 0.1) is 6.92 Å². The largest absolute Gasteiger partial charge is 0.296 e. The molecule has 3 rings (SSSR count). The minimum Gasteiger partial charge on any atom is -0.296 e. The number of rotatable bonds is 3. The molecule has 0 saturated carbocycles. The quantitative estimate of drug-likeness (QED) is 0.861. The Morgan fingerprint density at radius 3 is 2.80 bits per heavy atom. The van der Waals surface area contributed by atoms with Gasteiger partial charge in [-0.15, -0.1) is 21.5 Å². The van der Waals surface area contributed by atoms with Crippen molar-refractivity contribution in [1.29, 1.82) is 0 Å². The first-order chi connectivity index (χ1) is 9.70. The van der Waals surface area contributed by atoms with E-state index < -0.39 is 0 Å². The van der Waals surface area contributed by atoms with Crippen LogP contribution in [0.1, 0.15) is 34.3 Å². The molecule has 106 valence electrons. The molecule has 1 aliphatic heterocycles. The molecule has 1 aliphatic rings. The Balaban J connectivity index is 1.65. The van der Waals surface area contributed by atoms with Crippen LogP contribution in [0.15, 0.2) is 24.3 Å². The van der Waals surface area contributed by atoms with E-state index in [0.717, 1.165) is 34.7 Å². The fourth-order valence-electron chi connectivity index (χ4n) is 2.80. The van der Waals surface area contributed by atoms with Gasteiger partial charge in [0.25, 0.3) is 0 Å². The summed E-state index contributed by atoms with van der Waals surface area (Å²) in [4.78, 5) is 2.49. The average Bonchev–Trinajstić information content (AvgIpc) is 2.85. The Kier molecular flexibility index (Phi) is 4.34. The summed E-state index contributed by atoms with van der Waals surface area (Å²) in [5.41, 5.74) is 1.40. The molecule has 0 radical (unpaired) electrons. The van der Waals surface area contributed by atoms with Gasteiger partial charge in [0.15, 0.2) is 0 Å². The Hall–Kier alpha value is -0.970. The van der Waals surface area contributed by atoms with Crippen LogP contribution in [0.25, 0.3) is 0 Å². The Bertz CT molecular complexity index is 567. The van der Waals surface area contributed by atoms with Gasteiger partial charge in [-0.2, -0.15) is 0 Å². The maximum Gasteiger partial charge on any atom is 0.131 e. The van der Waals surface area contributed by atoms with Crippen LogP contribution in [0.4, 0.5) is 0 Å². The first-order valence-corrected chi connectivity index (χ1v) is 8.17. The summed E-state index contributed by atoms with van der Waals surface area (Å²) in [5, 5.41) is 11.3. The topological polar surface area (TPSA) is 29.0 Å². The molecule has 0 unspecified atom stereocenters. The fourth-order valence-corrected chi connectivity index (χ4v) is 3.68. The van der Waals surface area contributed by atoms with Crippen molar-refractivity contribution in [2.24, 2.45) is 0 Å². The van der Waals surface area contributed by atoms with Crippen molar-refractivity contribution in [1.82, 2.24) is 15.1 Å². The lowest BCUT2D eigenvalue weighted by atomic mass is 9.91. The molecule has 1 aromatic carbocycles. The van der Waals surface area contributed by atoms with E-state index in [9.17, 15) is 0 Å². The molecule has 0 bridgehead atoms. The molecule has 0 N–H and O–H groups in total. The van der Waals surface area contributed by atoms with Gasteiger partial charge in [0.05, 0.1) is 6.54 Å². The summed E-state index contributed by atoms with van der Waals surface area (Å²) in [6.07, 6.45) is 2.50. The van der Waals surface area contributed by atoms with Crippen molar-refractivity contribution in [3.8, 4) is 0 Å². The van der Waals surface area contributed by atoms with Crippen LogP contribution >= 0.6 is 22.9 Å². The number of aromatic nitrogens is 2. The zero-order chi connectivity index (χ0) is 13.9. The number of hydrogen-bond acceptors (Lipinski definition) is 4. The maximum absolute atomic E-state index is 5.96. The molecular weight excluding hydrogens is 290 g/mol. The van der Waals surface area contributed by atoms with Gasteiger partial charge in [-0.25, -0.2) is 0 Å². The van der Waals surface area contributed by atoms with Gasteiger partial charge in [0, 0.05) is 11.6 Å². The third-order valence-electron chi connectivity index (χ3n) is 3.77. The molecule has 20 heavy (non-hydrogen) atoms. The normalized spacial score (nSPS) is 20.2. The molecule has 1 saturated heterocycles. The second kappa shape index (κ2) is 6.20. The van der Waals surface area contributed by atoms with E-state index in [2.05, 4.69) is 27.2 Å². The number of aryl methyl sites for hydroxylation is 1. The van der Waals surface area contributed by atoms with E-state index in [-0.39, 0.29) is 0 Å². The van der Waals surface area contributed by atoms with E-state index in [1.807, 2.05) is 19.1 Å². The minimum absolute atomic E-state index is 0.607. The lowest BCUT2D eigenvalue weighted by Crippen LogP contribution is -2.33. The van der Waals surface area contributed by atoms with Crippen molar-refractivity contribution in [3.63, 3.8) is 0 Å². The second-order valence-corrected chi connectivity index (χ2v) is 7.04. The summed E-state index contributed by atoms with van der Waals surface area (Å²) in [6.45, 7) is 5.19. The first kappa shape index (κ1) is 14.0. The van der Waals surface area contributed by atoms with Crippen molar-refractivity contribution in [2.75, 3.05) is 13.1 Å². The maximum atomic E-state index is 5.96. The van der Waals surface area contributed by atoms with Gasteiger partial charge in [-0.3, -0.25) is 4.90 Å². The monoisotopic (exact) mass is 307 g/mol. The van der Waals surface area contributed by atoms with Gasteiger partial charge in [-0.05, 0) is 49.9 Å². The molecular formula is C15H18ClN3S. The molecule has 5 heteroatoms. The zero-order valence-corrected chi connectivity index (χ0v) is 13.1. The van der Waals surface area contributed by atoms with E-state index in [0.29, 0.717) is 5.92 Å². The van der Waals surface area contributed by atoms with Gasteiger partial charge >= 0.3 is 0 Å². The van der Waals surface area contributed by atoms with Crippen LogP contribution in [0.3, 0.4) is 0 Å². The number of hydrogen-bond donors (Lipinski definition) is 0. The molecule has 0 spiro atoms. The van der Waals surface area contributed by atoms with Gasteiger partial charge < -0.3 is 0 Å². The Labute approximate surface area is 128 Å². The molecule has 1 fully saturated rings. The predicted molar refractivity (Wildman–Crippen MR) is 83.4 cm³/mol. The zero-order valence-electron chi connectivity index (χ0n) is 11.6. The van der Waals surface area contributed by atoms with E-state index in [1.54, 1.807) is 11.3 Å². The highest BCUT2D eigenvalue weighted by molar-refractivity contribution is 7.11. The van der Waals surface area contributed by atoms with E-state index in [4.69, 9.17) is 11.6 Å². The highest BCUT2D eigenvalue weighted by Gasteiger charge is 2.22. The highest BCUT2D eigenvalue weighted by atomic mass is 35.5. The first-order valence-electron chi connectivity index (χ1n) is 6.97. The molecule has 1 aromatic heterocycles. The van der Waals surface area contributed by atoms with Gasteiger partial charge in [-0.1, -0.05) is 23.7 Å². The number of halogens is 1. The summed E-state index contributed by atoms with van der Waals surface area (Å²) < 4.78 is 0. The van der Waals surface area contributed by atoms with Crippen LogP contribution < -0.4 is 0 Å². The third-order valence-corrected chi connectivity index (χ3v) is 4.85. The summed E-state index contributed by atoms with van der Waals surface area (Å²) in [6, 6.07) is 8.30. The van der Waals surface area contributed by atoms with Gasteiger partial charge in [0.1, 0.15) is 10.0 Å². The van der Waals surface area contributed by atoms with Crippen molar-refractivity contribution in [3.05, 3.63) is 44.9 Å². The standard InChI is InChI=1S/C15H18ClN3S/c1-11-17-18-15(20-11)10-19-8-2-3-13(9-19)12-4-6-14(16)7-5-12/h4-7,13H,2-3,8-10H2,1H3/t13-/m1/s1. The molecule has 1 atom stereocenters. The lowest BCUT2D eigenvalue weighted by Gasteiger charge is -2.32. The van der Waals surface area contributed by atoms with Crippen LogP contribution in [-0.2, 0) is 6.54 Å². The van der Waals surface area contributed by atoms with Crippen molar-refractivity contribution in [2.45, 2.75) is 32.2 Å². The number of nitrogens with zero attached hydrogens (tertiary/aromatic N) is 3. The average molecular weight is 308 g/mol. The summed E-state index contributed by atoms with van der Waals surface area (Å²) in [5.74, 6) is 0.607. The Morgan fingerprint density at radius 2 is 2.10 bits per heavy atom. The Morgan fingerprint density at radius 1 is 1.30 bits per heavy atom. The third kappa shape index (κ3) is 3.37.